The first-order valence-corrected chi connectivity index (χ1v) is 10.2. The van der Waals surface area contributed by atoms with Crippen LogP contribution < -0.4 is 5.69 Å². The molecule has 2 N–H and O–H groups in total. The fraction of sp³-hybridized carbons (Fsp3) is 0.435. The van der Waals surface area contributed by atoms with Crippen LogP contribution in [0.25, 0.3) is 11.0 Å². The third-order valence-electron chi connectivity index (χ3n) is 6.22. The van der Waals surface area contributed by atoms with Crippen molar-refractivity contribution in [2.75, 3.05) is 13.6 Å². The van der Waals surface area contributed by atoms with E-state index >= 15 is 0 Å². The van der Waals surface area contributed by atoms with Crippen molar-refractivity contribution in [3.63, 3.8) is 0 Å². The number of nitrogens with zero attached hydrogens (tertiary/aromatic N) is 1. The first-order valence-electron chi connectivity index (χ1n) is 10.2. The van der Waals surface area contributed by atoms with Gasteiger partial charge in [0.1, 0.15) is 5.82 Å². The van der Waals surface area contributed by atoms with Gasteiger partial charge in [0, 0.05) is 6.04 Å². The van der Waals surface area contributed by atoms with Gasteiger partial charge in [0.15, 0.2) is 0 Å². The number of hydrogen-bond acceptors (Lipinski definition) is 2. The fourth-order valence-corrected chi connectivity index (χ4v) is 4.52. The number of hydrogen-bond donors (Lipinski definition) is 2. The number of benzene rings is 2. The normalized spacial score (nSPS) is 20.1. The van der Waals surface area contributed by atoms with E-state index in [1.807, 2.05) is 18.2 Å². The van der Waals surface area contributed by atoms with Gasteiger partial charge in [0.25, 0.3) is 0 Å². The third-order valence-corrected chi connectivity index (χ3v) is 6.22. The van der Waals surface area contributed by atoms with Crippen LogP contribution in [0.5, 0.6) is 0 Å². The average molecular weight is 381 g/mol. The predicted molar refractivity (Wildman–Crippen MR) is 111 cm³/mol. The van der Waals surface area contributed by atoms with Crippen LogP contribution in [0.1, 0.15) is 49.1 Å². The maximum atomic E-state index is 13.0. The topological polar surface area (TPSA) is 51.9 Å². The zero-order chi connectivity index (χ0) is 19.5. The molecule has 1 fully saturated rings. The van der Waals surface area contributed by atoms with E-state index in [0.717, 1.165) is 30.4 Å². The maximum absolute atomic E-state index is 13.0. The van der Waals surface area contributed by atoms with Crippen LogP contribution in [0, 0.1) is 5.82 Å². The lowest BCUT2D eigenvalue weighted by Gasteiger charge is -2.35. The molecule has 4 nitrogen and oxygen atoms in total. The van der Waals surface area contributed by atoms with Crippen molar-refractivity contribution in [1.29, 1.82) is 0 Å². The Morgan fingerprint density at radius 2 is 1.71 bits per heavy atom. The lowest BCUT2D eigenvalue weighted by Crippen LogP contribution is -2.35. The summed E-state index contributed by atoms with van der Waals surface area (Å²) in [6.45, 7) is 1.07. The minimum atomic E-state index is -0.167. The molecule has 28 heavy (non-hydrogen) atoms. The van der Waals surface area contributed by atoms with Crippen LogP contribution in [0.4, 0.5) is 4.39 Å². The molecular formula is C23H28FN3O. The van der Waals surface area contributed by atoms with E-state index in [4.69, 9.17) is 0 Å². The Hall–Kier alpha value is -2.40. The van der Waals surface area contributed by atoms with E-state index in [0.29, 0.717) is 12.0 Å². The number of H-pyrrole nitrogens is 2. The second kappa shape index (κ2) is 8.31. The van der Waals surface area contributed by atoms with Crippen molar-refractivity contribution in [3.8, 4) is 0 Å². The van der Waals surface area contributed by atoms with Gasteiger partial charge < -0.3 is 14.9 Å². The zero-order valence-corrected chi connectivity index (χ0v) is 16.4. The lowest BCUT2D eigenvalue weighted by atomic mass is 9.81. The molecule has 5 heteroatoms. The van der Waals surface area contributed by atoms with Crippen LogP contribution in [0.15, 0.2) is 47.3 Å². The van der Waals surface area contributed by atoms with Gasteiger partial charge in [-0.15, -0.1) is 0 Å². The Kier molecular flexibility index (Phi) is 5.62. The molecule has 0 atom stereocenters. The molecule has 0 bridgehead atoms. The minimum Gasteiger partial charge on any atom is -0.306 e. The zero-order valence-electron chi connectivity index (χ0n) is 16.4. The highest BCUT2D eigenvalue weighted by Gasteiger charge is 2.25. The molecular weight excluding hydrogens is 353 g/mol. The molecule has 0 saturated heterocycles. The number of nitrogens with one attached hydrogen (secondary N) is 2. The summed E-state index contributed by atoms with van der Waals surface area (Å²) in [5.41, 5.74) is 4.18. The molecule has 148 valence electrons. The monoisotopic (exact) mass is 381 g/mol. The van der Waals surface area contributed by atoms with E-state index in [1.54, 1.807) is 12.1 Å². The van der Waals surface area contributed by atoms with Gasteiger partial charge in [0.05, 0.1) is 11.0 Å². The van der Waals surface area contributed by atoms with Gasteiger partial charge in [-0.3, -0.25) is 0 Å². The Balaban J connectivity index is 1.26. The highest BCUT2D eigenvalue weighted by Crippen LogP contribution is 2.35. The molecule has 1 saturated carbocycles. The van der Waals surface area contributed by atoms with E-state index in [9.17, 15) is 9.18 Å². The second-order valence-corrected chi connectivity index (χ2v) is 8.10. The van der Waals surface area contributed by atoms with Gasteiger partial charge in [-0.2, -0.15) is 0 Å². The quantitative estimate of drug-likeness (QED) is 0.656. The molecule has 1 aliphatic rings. The number of imidazole rings is 1. The summed E-state index contributed by atoms with van der Waals surface area (Å²) in [6, 6.07) is 13.8. The minimum absolute atomic E-state index is 0.141. The van der Waals surface area contributed by atoms with E-state index in [2.05, 4.69) is 34.0 Å². The van der Waals surface area contributed by atoms with E-state index in [-0.39, 0.29) is 11.5 Å². The van der Waals surface area contributed by atoms with Crippen molar-refractivity contribution >= 4 is 11.0 Å². The molecule has 0 unspecified atom stereocenters. The van der Waals surface area contributed by atoms with Crippen LogP contribution >= 0.6 is 0 Å². The summed E-state index contributed by atoms with van der Waals surface area (Å²) in [4.78, 5) is 19.6. The van der Waals surface area contributed by atoms with Crippen LogP contribution in [-0.4, -0.2) is 34.5 Å². The SMILES string of the molecule is CN(CCCc1ccc(F)cc1)[C@H]1CC[C@H](c2ccc3[nH]c(=O)[nH]c3c2)CC1. The molecule has 3 aromatic rings. The van der Waals surface area contributed by atoms with E-state index in [1.165, 1.54) is 36.8 Å². The highest BCUT2D eigenvalue weighted by atomic mass is 19.1. The van der Waals surface area contributed by atoms with Crippen molar-refractivity contribution in [3.05, 3.63) is 69.9 Å². The number of aromatic amines is 2. The van der Waals surface area contributed by atoms with Crippen LogP contribution in [0.3, 0.4) is 0 Å². The Morgan fingerprint density at radius 3 is 2.46 bits per heavy atom. The average Bonchev–Trinajstić information content (AvgIpc) is 3.08. The molecule has 4 rings (SSSR count). The van der Waals surface area contributed by atoms with E-state index < -0.39 is 0 Å². The molecule has 0 radical (unpaired) electrons. The number of aryl methyl sites for hydroxylation is 1. The summed E-state index contributed by atoms with van der Waals surface area (Å²) in [6.07, 6.45) is 6.88. The maximum Gasteiger partial charge on any atom is 0.323 e. The number of fused-ring (bicyclic) bond motifs is 1. The second-order valence-electron chi connectivity index (χ2n) is 8.10. The number of halogens is 1. The van der Waals surface area contributed by atoms with Gasteiger partial charge in [-0.05, 0) is 93.4 Å². The van der Waals surface area contributed by atoms with Gasteiger partial charge in [-0.1, -0.05) is 18.2 Å². The molecule has 1 aromatic heterocycles. The number of rotatable bonds is 6. The Bertz CT molecular complexity index is 967. The number of aromatic nitrogens is 2. The van der Waals surface area contributed by atoms with Crippen LogP contribution in [0.2, 0.25) is 0 Å². The third kappa shape index (κ3) is 4.36. The first-order chi connectivity index (χ1) is 13.6. The standard InChI is InChI=1S/C23H28FN3O/c1-27(14-2-3-16-4-9-19(24)10-5-16)20-11-6-17(7-12-20)18-8-13-21-22(15-18)26-23(28)25-21/h4-5,8-10,13,15,17,20H,2-3,6-7,11-12,14H2,1H3,(H2,25,26,28)/t17-,20-. The largest absolute Gasteiger partial charge is 0.323 e. The molecule has 0 spiro atoms. The van der Waals surface area contributed by atoms with Crippen molar-refractivity contribution in [1.82, 2.24) is 14.9 Å². The van der Waals surface area contributed by atoms with Crippen molar-refractivity contribution < 1.29 is 4.39 Å². The van der Waals surface area contributed by atoms with Crippen molar-refractivity contribution in [2.24, 2.45) is 0 Å². The van der Waals surface area contributed by atoms with Gasteiger partial charge >= 0.3 is 5.69 Å². The fourth-order valence-electron chi connectivity index (χ4n) is 4.52. The molecule has 0 amide bonds. The summed E-state index contributed by atoms with van der Waals surface area (Å²) in [5, 5.41) is 0. The lowest BCUT2D eigenvalue weighted by molar-refractivity contribution is 0.181. The molecule has 2 aromatic carbocycles. The van der Waals surface area contributed by atoms with Gasteiger partial charge in [0.2, 0.25) is 0 Å². The van der Waals surface area contributed by atoms with Crippen LogP contribution in [-0.2, 0) is 6.42 Å². The summed E-state index contributed by atoms with van der Waals surface area (Å²) in [5.74, 6) is 0.409. The smallest absolute Gasteiger partial charge is 0.306 e. The molecule has 1 heterocycles. The summed E-state index contributed by atoms with van der Waals surface area (Å²) in [7, 11) is 2.23. The summed E-state index contributed by atoms with van der Waals surface area (Å²) < 4.78 is 13.0. The Morgan fingerprint density at radius 1 is 1.00 bits per heavy atom. The summed E-state index contributed by atoms with van der Waals surface area (Å²) >= 11 is 0. The van der Waals surface area contributed by atoms with Gasteiger partial charge in [-0.25, -0.2) is 9.18 Å². The first kappa shape index (κ1) is 18.9. The molecule has 1 aliphatic carbocycles. The Labute approximate surface area is 164 Å². The predicted octanol–water partition coefficient (Wildman–Crippen LogP) is 4.59. The highest BCUT2D eigenvalue weighted by molar-refractivity contribution is 5.75. The van der Waals surface area contributed by atoms with Crippen molar-refractivity contribution in [2.45, 2.75) is 50.5 Å². The molecule has 0 aliphatic heterocycles.